The topological polar surface area (TPSA) is 35.6 Å². The van der Waals surface area contributed by atoms with Crippen LogP contribution in [0, 0.1) is 17.8 Å². The van der Waals surface area contributed by atoms with E-state index < -0.39 is 0 Å². The summed E-state index contributed by atoms with van der Waals surface area (Å²) in [6.45, 7) is 10.5. The predicted octanol–water partition coefficient (Wildman–Crippen LogP) is 2.38. The number of nitrogens with one attached hydrogen (secondary N) is 1. The van der Waals surface area contributed by atoms with Crippen LogP contribution >= 0.6 is 12.4 Å². The Bertz CT molecular complexity index is 370. The van der Waals surface area contributed by atoms with Crippen LogP contribution in [0.1, 0.15) is 46.0 Å². The van der Waals surface area contributed by atoms with Gasteiger partial charge in [-0.1, -0.05) is 13.8 Å². The second kappa shape index (κ2) is 8.68. The Morgan fingerprint density at radius 2 is 1.65 bits per heavy atom. The molecule has 2 atom stereocenters. The normalized spacial score (nSPS) is 30.1. The van der Waals surface area contributed by atoms with E-state index in [2.05, 4.69) is 29.0 Å². The van der Waals surface area contributed by atoms with E-state index in [0.29, 0.717) is 30.3 Å². The third kappa shape index (κ3) is 5.91. The predicted molar refractivity (Wildman–Crippen MR) is 97.0 cm³/mol. The zero-order chi connectivity index (χ0) is 15.5. The molecule has 0 aromatic heterocycles. The van der Waals surface area contributed by atoms with Crippen molar-refractivity contribution < 1.29 is 4.79 Å². The van der Waals surface area contributed by atoms with Crippen LogP contribution in [0.15, 0.2) is 0 Å². The molecule has 23 heavy (non-hydrogen) atoms. The number of likely N-dealkylation sites (tertiary alicyclic amines) is 2. The van der Waals surface area contributed by atoms with Gasteiger partial charge in [0.15, 0.2) is 0 Å². The van der Waals surface area contributed by atoms with E-state index in [9.17, 15) is 4.79 Å². The van der Waals surface area contributed by atoms with Crippen LogP contribution in [0.2, 0.25) is 0 Å². The van der Waals surface area contributed by atoms with Gasteiger partial charge in [-0.05, 0) is 56.4 Å². The van der Waals surface area contributed by atoms with E-state index in [1.807, 2.05) is 0 Å². The second-order valence-electron chi connectivity index (χ2n) is 8.15. The Balaban J connectivity index is 0.00000192. The van der Waals surface area contributed by atoms with Gasteiger partial charge in [-0.3, -0.25) is 9.69 Å². The standard InChI is InChI=1S/C18H33N3O.ClH/c1-14-9-15(2)12-21(11-14)18(22)13-20-7-5-17(6-8-20)19-10-16-3-4-16;/h14-17,19H,3-13H2,1-2H3;1H. The highest BCUT2D eigenvalue weighted by Crippen LogP contribution is 2.28. The smallest absolute Gasteiger partial charge is 0.236 e. The van der Waals surface area contributed by atoms with Crippen molar-refractivity contribution in [1.29, 1.82) is 0 Å². The number of hydrogen-bond donors (Lipinski definition) is 1. The van der Waals surface area contributed by atoms with Crippen molar-refractivity contribution in [3.05, 3.63) is 0 Å². The number of halogens is 1. The molecule has 0 aromatic carbocycles. The Kier molecular flexibility index (Phi) is 7.18. The monoisotopic (exact) mass is 343 g/mol. The zero-order valence-electron chi connectivity index (χ0n) is 14.8. The Labute approximate surface area is 147 Å². The molecule has 0 aromatic rings. The summed E-state index contributed by atoms with van der Waals surface area (Å²) >= 11 is 0. The second-order valence-corrected chi connectivity index (χ2v) is 8.15. The first-order chi connectivity index (χ1) is 10.6. The van der Waals surface area contributed by atoms with Crippen LogP contribution in [0.25, 0.3) is 0 Å². The maximum Gasteiger partial charge on any atom is 0.236 e. The van der Waals surface area contributed by atoms with Gasteiger partial charge in [0.05, 0.1) is 6.54 Å². The highest BCUT2D eigenvalue weighted by Gasteiger charge is 2.28. The fourth-order valence-electron chi connectivity index (χ4n) is 4.11. The van der Waals surface area contributed by atoms with Crippen LogP contribution in [-0.2, 0) is 4.79 Å². The minimum atomic E-state index is 0. The Morgan fingerprint density at radius 3 is 2.22 bits per heavy atom. The molecule has 0 radical (unpaired) electrons. The Morgan fingerprint density at radius 1 is 1.04 bits per heavy atom. The largest absolute Gasteiger partial charge is 0.341 e. The van der Waals surface area contributed by atoms with Crippen molar-refractivity contribution in [2.24, 2.45) is 17.8 Å². The maximum absolute atomic E-state index is 12.5. The number of piperidine rings is 2. The van der Waals surface area contributed by atoms with Crippen LogP contribution in [0.3, 0.4) is 0 Å². The SMILES string of the molecule is CC1CC(C)CN(C(=O)CN2CCC(NCC3CC3)CC2)C1.Cl. The van der Waals surface area contributed by atoms with Gasteiger partial charge in [0.2, 0.25) is 5.91 Å². The van der Waals surface area contributed by atoms with Gasteiger partial charge in [-0.2, -0.15) is 0 Å². The van der Waals surface area contributed by atoms with Gasteiger partial charge in [-0.25, -0.2) is 0 Å². The third-order valence-electron chi connectivity index (χ3n) is 5.56. The molecule has 3 aliphatic rings. The molecule has 2 aliphatic heterocycles. The van der Waals surface area contributed by atoms with Gasteiger partial charge in [0, 0.05) is 32.2 Å². The van der Waals surface area contributed by atoms with Crippen molar-refractivity contribution in [1.82, 2.24) is 15.1 Å². The highest BCUT2D eigenvalue weighted by molar-refractivity contribution is 5.85. The molecule has 0 spiro atoms. The first kappa shape index (κ1) is 19.0. The first-order valence-electron chi connectivity index (χ1n) is 9.33. The molecule has 1 saturated carbocycles. The van der Waals surface area contributed by atoms with Crippen LogP contribution in [0.4, 0.5) is 0 Å². The quantitative estimate of drug-likeness (QED) is 0.832. The number of rotatable bonds is 5. The van der Waals surface area contributed by atoms with Crippen molar-refractivity contribution >= 4 is 18.3 Å². The number of carbonyl (C=O) groups excluding carboxylic acids is 1. The molecule has 1 amide bonds. The number of hydrogen-bond acceptors (Lipinski definition) is 3. The summed E-state index contributed by atoms with van der Waals surface area (Å²) in [6, 6.07) is 0.682. The molecular formula is C18H34ClN3O. The van der Waals surface area contributed by atoms with Gasteiger partial charge < -0.3 is 10.2 Å². The average molecular weight is 344 g/mol. The van der Waals surface area contributed by atoms with E-state index >= 15 is 0 Å². The lowest BCUT2D eigenvalue weighted by molar-refractivity contribution is -0.135. The fourth-order valence-corrected chi connectivity index (χ4v) is 4.11. The van der Waals surface area contributed by atoms with Gasteiger partial charge in [0.1, 0.15) is 0 Å². The molecule has 134 valence electrons. The molecule has 3 rings (SSSR count). The molecule has 2 unspecified atom stereocenters. The number of nitrogens with zero attached hydrogens (tertiary/aromatic N) is 2. The van der Waals surface area contributed by atoms with Crippen LogP contribution < -0.4 is 5.32 Å². The minimum absolute atomic E-state index is 0. The molecule has 1 N–H and O–H groups in total. The van der Waals surface area contributed by atoms with Crippen LogP contribution in [0.5, 0.6) is 0 Å². The van der Waals surface area contributed by atoms with Crippen molar-refractivity contribution in [3.63, 3.8) is 0 Å². The maximum atomic E-state index is 12.5. The highest BCUT2D eigenvalue weighted by atomic mass is 35.5. The van der Waals surface area contributed by atoms with E-state index in [4.69, 9.17) is 0 Å². The van der Waals surface area contributed by atoms with E-state index in [0.717, 1.165) is 32.1 Å². The summed E-state index contributed by atoms with van der Waals surface area (Å²) in [6.07, 6.45) is 6.52. The van der Waals surface area contributed by atoms with Crippen molar-refractivity contribution in [2.45, 2.75) is 52.0 Å². The van der Waals surface area contributed by atoms with Gasteiger partial charge in [0.25, 0.3) is 0 Å². The molecule has 4 nitrogen and oxygen atoms in total. The van der Waals surface area contributed by atoms with Gasteiger partial charge in [-0.15, -0.1) is 12.4 Å². The molecule has 2 saturated heterocycles. The Hall–Kier alpha value is -0.320. The lowest BCUT2D eigenvalue weighted by Crippen LogP contribution is -2.50. The summed E-state index contributed by atoms with van der Waals surface area (Å²) < 4.78 is 0. The third-order valence-corrected chi connectivity index (χ3v) is 5.56. The van der Waals surface area contributed by atoms with Gasteiger partial charge >= 0.3 is 0 Å². The average Bonchev–Trinajstić information content (AvgIpc) is 3.30. The van der Waals surface area contributed by atoms with Crippen molar-refractivity contribution in [2.75, 3.05) is 39.3 Å². The lowest BCUT2D eigenvalue weighted by Gasteiger charge is -2.37. The summed E-state index contributed by atoms with van der Waals surface area (Å²) in [5.74, 6) is 2.63. The molecular weight excluding hydrogens is 310 g/mol. The molecule has 2 heterocycles. The summed E-state index contributed by atoms with van der Waals surface area (Å²) in [4.78, 5) is 17.0. The molecule has 3 fully saturated rings. The zero-order valence-corrected chi connectivity index (χ0v) is 15.6. The first-order valence-corrected chi connectivity index (χ1v) is 9.33. The minimum Gasteiger partial charge on any atom is -0.341 e. The molecule has 1 aliphatic carbocycles. The number of carbonyl (C=O) groups is 1. The van der Waals surface area contributed by atoms with E-state index in [1.54, 1.807) is 0 Å². The van der Waals surface area contributed by atoms with E-state index in [-0.39, 0.29) is 12.4 Å². The van der Waals surface area contributed by atoms with E-state index in [1.165, 1.54) is 38.6 Å². The van der Waals surface area contributed by atoms with Crippen molar-refractivity contribution in [3.8, 4) is 0 Å². The fraction of sp³-hybridized carbons (Fsp3) is 0.944. The lowest BCUT2D eigenvalue weighted by atomic mass is 9.92. The van der Waals surface area contributed by atoms with Crippen LogP contribution in [-0.4, -0.2) is 61.0 Å². The number of amides is 1. The molecule has 5 heteroatoms. The molecule has 0 bridgehead atoms. The summed E-state index contributed by atoms with van der Waals surface area (Å²) in [5, 5.41) is 3.71. The summed E-state index contributed by atoms with van der Waals surface area (Å²) in [7, 11) is 0. The summed E-state index contributed by atoms with van der Waals surface area (Å²) in [5.41, 5.74) is 0.